The number of oxime groups is 1. The van der Waals surface area contributed by atoms with E-state index in [1.807, 2.05) is 0 Å². The Morgan fingerprint density at radius 1 is 1.42 bits per heavy atom. The van der Waals surface area contributed by atoms with Gasteiger partial charge in [-0.3, -0.25) is 0 Å². The zero-order valence-electron chi connectivity index (χ0n) is 14.6. The van der Waals surface area contributed by atoms with Crippen molar-refractivity contribution in [2.24, 2.45) is 12.2 Å². The number of aromatic nitrogens is 2. The van der Waals surface area contributed by atoms with Crippen LogP contribution in [0.1, 0.15) is 38.4 Å². The first-order valence-electron chi connectivity index (χ1n) is 7.62. The van der Waals surface area contributed by atoms with Gasteiger partial charge in [-0.1, -0.05) is 5.16 Å². The maximum Gasteiger partial charge on any atom is 0.435 e. The minimum Gasteiger partial charge on any atom is -0.475 e. The number of hydrogen-bond donors (Lipinski definition) is 0. The van der Waals surface area contributed by atoms with Gasteiger partial charge in [-0.05, 0) is 20.8 Å². The molecular formula is C14H19ClF3N3O4S. The number of hydrogen-bond acceptors (Lipinski definition) is 6. The summed E-state index contributed by atoms with van der Waals surface area (Å²) in [5, 5.41) is 6.56. The van der Waals surface area contributed by atoms with E-state index in [0.717, 1.165) is 4.68 Å². The topological polar surface area (TPSA) is 82.8 Å². The first kappa shape index (κ1) is 20.8. The lowest BCUT2D eigenvalue weighted by molar-refractivity contribution is -0.141. The molecule has 0 saturated carbocycles. The molecule has 1 aromatic rings. The van der Waals surface area contributed by atoms with Crippen molar-refractivity contribution >= 4 is 26.5 Å². The van der Waals surface area contributed by atoms with Crippen molar-refractivity contribution in [1.82, 2.24) is 9.78 Å². The van der Waals surface area contributed by atoms with Crippen molar-refractivity contribution in [1.29, 1.82) is 0 Å². The van der Waals surface area contributed by atoms with Gasteiger partial charge < -0.3 is 9.57 Å². The van der Waals surface area contributed by atoms with Crippen LogP contribution in [0.2, 0.25) is 0 Å². The average molecular weight is 418 g/mol. The summed E-state index contributed by atoms with van der Waals surface area (Å²) in [4.78, 5) is 5.03. The lowest BCUT2D eigenvalue weighted by Gasteiger charge is -2.17. The van der Waals surface area contributed by atoms with Crippen LogP contribution in [-0.4, -0.2) is 40.8 Å². The summed E-state index contributed by atoms with van der Waals surface area (Å²) in [5.74, 6) is -1.23. The predicted molar refractivity (Wildman–Crippen MR) is 88.9 cm³/mol. The van der Waals surface area contributed by atoms with E-state index in [2.05, 4.69) is 10.3 Å². The minimum absolute atomic E-state index is 0.0159. The third-order valence-corrected chi connectivity index (χ3v) is 5.74. The van der Waals surface area contributed by atoms with Gasteiger partial charge in [0.15, 0.2) is 26.2 Å². The molecule has 1 aliphatic heterocycles. The summed E-state index contributed by atoms with van der Waals surface area (Å²) in [6.45, 7) is 4.78. The van der Waals surface area contributed by atoms with Crippen LogP contribution in [-0.2, 0) is 33.7 Å². The molecule has 26 heavy (non-hydrogen) atoms. The van der Waals surface area contributed by atoms with E-state index < -0.39 is 44.7 Å². The Labute approximate surface area is 154 Å². The minimum atomic E-state index is -4.83. The first-order chi connectivity index (χ1) is 11.8. The Kier molecular flexibility index (Phi) is 5.54. The molecule has 0 bridgehead atoms. The number of halogens is 4. The standard InChI is InChI=1S/C14H19ClF3N3O4S/c1-8(2)24-12-9(11(14(16,17)18)19-21(12)4)6-26(22,23)10-5-13(3,7-15)25-20-10/h8H,5-7H2,1-4H3. The van der Waals surface area contributed by atoms with Crippen molar-refractivity contribution in [3.8, 4) is 5.88 Å². The summed E-state index contributed by atoms with van der Waals surface area (Å²) in [6.07, 6.45) is -5.43. The van der Waals surface area contributed by atoms with Crippen LogP contribution >= 0.6 is 11.6 Å². The van der Waals surface area contributed by atoms with Gasteiger partial charge in [0, 0.05) is 13.5 Å². The summed E-state index contributed by atoms with van der Waals surface area (Å²) in [5.41, 5.74) is -2.88. The lowest BCUT2D eigenvalue weighted by atomic mass is 10.1. The summed E-state index contributed by atoms with van der Waals surface area (Å²) >= 11 is 5.72. The number of ether oxygens (including phenoxy) is 1. The van der Waals surface area contributed by atoms with Crippen LogP contribution in [0.4, 0.5) is 13.2 Å². The van der Waals surface area contributed by atoms with Gasteiger partial charge >= 0.3 is 6.18 Å². The number of alkyl halides is 4. The molecule has 7 nitrogen and oxygen atoms in total. The molecule has 1 aliphatic rings. The quantitative estimate of drug-likeness (QED) is 0.688. The number of nitrogens with zero attached hydrogens (tertiary/aromatic N) is 3. The molecule has 1 atom stereocenters. The molecule has 148 valence electrons. The van der Waals surface area contributed by atoms with Crippen molar-refractivity contribution < 1.29 is 31.2 Å². The fraction of sp³-hybridized carbons (Fsp3) is 0.714. The molecular weight excluding hydrogens is 399 g/mol. The Morgan fingerprint density at radius 2 is 2.04 bits per heavy atom. The Bertz CT molecular complexity index is 820. The fourth-order valence-corrected chi connectivity index (χ4v) is 3.96. The number of sulfone groups is 1. The first-order valence-corrected chi connectivity index (χ1v) is 9.81. The molecule has 0 saturated heterocycles. The van der Waals surface area contributed by atoms with Crippen molar-refractivity contribution in [3.63, 3.8) is 0 Å². The Balaban J connectivity index is 2.44. The van der Waals surface area contributed by atoms with Crippen LogP contribution in [0.3, 0.4) is 0 Å². The summed E-state index contributed by atoms with van der Waals surface area (Å²) in [6, 6.07) is 0. The van der Waals surface area contributed by atoms with Gasteiger partial charge in [-0.25, -0.2) is 13.1 Å². The molecule has 0 fully saturated rings. The second kappa shape index (κ2) is 6.91. The van der Waals surface area contributed by atoms with E-state index in [0.29, 0.717) is 0 Å². The molecule has 1 unspecified atom stereocenters. The molecule has 12 heteroatoms. The van der Waals surface area contributed by atoms with E-state index >= 15 is 0 Å². The highest BCUT2D eigenvalue weighted by Gasteiger charge is 2.44. The second-order valence-corrected chi connectivity index (χ2v) is 8.77. The van der Waals surface area contributed by atoms with Gasteiger partial charge in [0.2, 0.25) is 5.88 Å². The smallest absolute Gasteiger partial charge is 0.435 e. The number of rotatable bonds is 5. The molecule has 2 rings (SSSR count). The maximum atomic E-state index is 13.3. The number of aryl methyl sites for hydroxylation is 1. The van der Waals surface area contributed by atoms with Gasteiger partial charge in [-0.15, -0.1) is 11.6 Å². The molecule has 0 N–H and O–H groups in total. The molecule has 2 heterocycles. The zero-order chi connectivity index (χ0) is 19.9. The van der Waals surface area contributed by atoms with Crippen LogP contribution in [0.5, 0.6) is 5.88 Å². The van der Waals surface area contributed by atoms with E-state index in [4.69, 9.17) is 21.2 Å². The van der Waals surface area contributed by atoms with Gasteiger partial charge in [0.1, 0.15) is 0 Å². The van der Waals surface area contributed by atoms with E-state index in [9.17, 15) is 21.6 Å². The van der Waals surface area contributed by atoms with Crippen LogP contribution in [0.25, 0.3) is 0 Å². The van der Waals surface area contributed by atoms with E-state index in [-0.39, 0.29) is 23.2 Å². The highest BCUT2D eigenvalue weighted by molar-refractivity contribution is 8.05. The predicted octanol–water partition coefficient (Wildman–Crippen LogP) is 2.87. The van der Waals surface area contributed by atoms with Gasteiger partial charge in [0.25, 0.3) is 0 Å². The third kappa shape index (κ3) is 4.25. The fourth-order valence-electron chi connectivity index (χ4n) is 2.34. The third-order valence-electron chi connectivity index (χ3n) is 3.57. The molecule has 0 aliphatic carbocycles. The highest BCUT2D eigenvalue weighted by Crippen LogP contribution is 2.38. The van der Waals surface area contributed by atoms with Gasteiger partial charge in [-0.2, -0.15) is 18.3 Å². The van der Waals surface area contributed by atoms with Crippen molar-refractivity contribution in [2.75, 3.05) is 5.88 Å². The summed E-state index contributed by atoms with van der Waals surface area (Å²) < 4.78 is 71.4. The molecule has 0 radical (unpaired) electrons. The van der Waals surface area contributed by atoms with E-state index in [1.54, 1.807) is 20.8 Å². The molecule has 0 spiro atoms. The second-order valence-electron chi connectivity index (χ2n) is 6.52. The largest absolute Gasteiger partial charge is 0.475 e. The molecule has 0 aromatic carbocycles. The lowest BCUT2D eigenvalue weighted by Crippen LogP contribution is -2.29. The monoisotopic (exact) mass is 417 g/mol. The normalized spacial score (nSPS) is 21.0. The average Bonchev–Trinajstić information content (AvgIpc) is 3.03. The zero-order valence-corrected chi connectivity index (χ0v) is 16.2. The Hall–Kier alpha value is -1.49. The Morgan fingerprint density at radius 3 is 2.50 bits per heavy atom. The SMILES string of the molecule is CC(C)Oc1c(CS(=O)(=O)C2=NOC(C)(CCl)C2)c(C(F)(F)F)nn1C. The van der Waals surface area contributed by atoms with Crippen LogP contribution in [0.15, 0.2) is 5.16 Å². The van der Waals surface area contributed by atoms with Crippen LogP contribution in [0, 0.1) is 0 Å². The molecule has 1 aromatic heterocycles. The molecule has 0 amide bonds. The van der Waals surface area contributed by atoms with E-state index in [1.165, 1.54) is 7.05 Å². The maximum absolute atomic E-state index is 13.3. The highest BCUT2D eigenvalue weighted by atomic mass is 35.5. The van der Waals surface area contributed by atoms with Gasteiger partial charge in [0.05, 0.1) is 23.3 Å². The van der Waals surface area contributed by atoms with Crippen molar-refractivity contribution in [2.45, 2.75) is 50.8 Å². The van der Waals surface area contributed by atoms with Crippen molar-refractivity contribution in [3.05, 3.63) is 11.3 Å². The summed E-state index contributed by atoms with van der Waals surface area (Å²) in [7, 11) is -2.94. The van der Waals surface area contributed by atoms with Crippen LogP contribution < -0.4 is 4.74 Å².